The van der Waals surface area contributed by atoms with E-state index in [0.717, 1.165) is 13.1 Å². The van der Waals surface area contributed by atoms with E-state index in [2.05, 4.69) is 21.3 Å². The maximum absolute atomic E-state index is 9.55. The number of aromatic nitrogens is 1. The summed E-state index contributed by atoms with van der Waals surface area (Å²) in [6.07, 6.45) is 6.86. The molecule has 7 nitrogen and oxygen atoms in total. The molecule has 3 heterocycles. The number of nitrogens with zero attached hydrogens (tertiary/aromatic N) is 2. The van der Waals surface area contributed by atoms with Crippen molar-refractivity contribution in [2.75, 3.05) is 18.0 Å². The third kappa shape index (κ3) is 5.21. The molecule has 0 radical (unpaired) electrons. The maximum atomic E-state index is 9.55. The van der Waals surface area contributed by atoms with Crippen LogP contribution >= 0.6 is 11.6 Å². The van der Waals surface area contributed by atoms with Gasteiger partial charge in [-0.15, -0.1) is 0 Å². The molecule has 1 aromatic rings. The van der Waals surface area contributed by atoms with Crippen LogP contribution in [0.15, 0.2) is 30.5 Å². The molecular formula is C16H20ClN3O4. The average Bonchev–Trinajstić information content (AvgIpc) is 2.80. The van der Waals surface area contributed by atoms with Gasteiger partial charge in [0.05, 0.1) is 11.9 Å². The van der Waals surface area contributed by atoms with E-state index in [1.165, 1.54) is 24.9 Å². The number of halogens is 1. The summed E-state index contributed by atoms with van der Waals surface area (Å²) in [7, 11) is 0. The first-order valence-electron chi connectivity index (χ1n) is 7.72. The average molecular weight is 354 g/mol. The van der Waals surface area contributed by atoms with E-state index >= 15 is 0 Å². The normalized spacial score (nSPS) is 22.6. The molecule has 2 bridgehead atoms. The number of pyridine rings is 1. The summed E-state index contributed by atoms with van der Waals surface area (Å²) in [5.74, 6) is -2.51. The lowest BCUT2D eigenvalue weighted by molar-refractivity contribution is -0.134. The van der Waals surface area contributed by atoms with Crippen LogP contribution in [0, 0.1) is 0 Å². The Kier molecular flexibility index (Phi) is 6.57. The largest absolute Gasteiger partial charge is 0.478 e. The van der Waals surface area contributed by atoms with Gasteiger partial charge in [-0.3, -0.25) is 0 Å². The molecular weight excluding hydrogens is 334 g/mol. The number of hydrogen-bond acceptors (Lipinski definition) is 5. The minimum Gasteiger partial charge on any atom is -0.478 e. The molecule has 130 valence electrons. The lowest BCUT2D eigenvalue weighted by atomic mass is 10.1. The Morgan fingerprint density at radius 1 is 1.17 bits per heavy atom. The van der Waals surface area contributed by atoms with Crippen LogP contribution < -0.4 is 10.2 Å². The van der Waals surface area contributed by atoms with Gasteiger partial charge in [-0.1, -0.05) is 11.6 Å². The molecule has 2 aliphatic heterocycles. The van der Waals surface area contributed by atoms with Crippen LogP contribution in [0.25, 0.3) is 0 Å². The number of aliphatic carboxylic acids is 2. The first kappa shape index (κ1) is 18.2. The number of carboxylic acids is 2. The van der Waals surface area contributed by atoms with Crippen molar-refractivity contribution >= 4 is 29.2 Å². The summed E-state index contributed by atoms with van der Waals surface area (Å²) in [6.45, 7) is 2.23. The molecule has 0 aliphatic carbocycles. The van der Waals surface area contributed by atoms with Crippen LogP contribution in [0.2, 0.25) is 5.15 Å². The molecule has 8 heteroatoms. The summed E-state index contributed by atoms with van der Waals surface area (Å²) in [4.78, 5) is 25.8. The molecule has 3 rings (SSSR count). The fraction of sp³-hybridized carbons (Fsp3) is 0.438. The van der Waals surface area contributed by atoms with Gasteiger partial charge in [-0.2, -0.15) is 0 Å². The molecule has 2 saturated heterocycles. The van der Waals surface area contributed by atoms with Crippen molar-refractivity contribution in [1.82, 2.24) is 10.3 Å². The first-order valence-corrected chi connectivity index (χ1v) is 8.09. The molecule has 0 amide bonds. The van der Waals surface area contributed by atoms with Crippen LogP contribution in [-0.2, 0) is 9.59 Å². The molecule has 3 N–H and O–H groups in total. The van der Waals surface area contributed by atoms with Gasteiger partial charge in [0.15, 0.2) is 0 Å². The Morgan fingerprint density at radius 2 is 1.83 bits per heavy atom. The topological polar surface area (TPSA) is 103 Å². The van der Waals surface area contributed by atoms with Gasteiger partial charge < -0.3 is 20.4 Å². The maximum Gasteiger partial charge on any atom is 0.328 e. The minimum atomic E-state index is -1.26. The number of fused-ring (bicyclic) bond motifs is 2. The van der Waals surface area contributed by atoms with Gasteiger partial charge >= 0.3 is 11.9 Å². The number of hydrogen-bond donors (Lipinski definition) is 3. The third-order valence-electron chi connectivity index (χ3n) is 4.03. The number of rotatable bonds is 3. The lowest BCUT2D eigenvalue weighted by Gasteiger charge is -2.29. The molecule has 2 aliphatic rings. The van der Waals surface area contributed by atoms with Gasteiger partial charge in [0, 0.05) is 30.8 Å². The van der Waals surface area contributed by atoms with E-state index in [1.807, 2.05) is 12.3 Å². The molecule has 1 aromatic heterocycles. The van der Waals surface area contributed by atoms with E-state index in [1.54, 1.807) is 0 Å². The number of carboxylic acid groups (broad SMARTS) is 2. The van der Waals surface area contributed by atoms with Crippen molar-refractivity contribution < 1.29 is 19.8 Å². The zero-order valence-corrected chi connectivity index (χ0v) is 13.8. The van der Waals surface area contributed by atoms with Crippen LogP contribution in [0.5, 0.6) is 0 Å². The Balaban J connectivity index is 0.000000224. The summed E-state index contributed by atoms with van der Waals surface area (Å²) in [5, 5.41) is 19.7. The number of anilines is 1. The third-order valence-corrected chi connectivity index (χ3v) is 4.26. The zero-order valence-electron chi connectivity index (χ0n) is 13.1. The van der Waals surface area contributed by atoms with Crippen LogP contribution in [-0.4, -0.2) is 52.3 Å². The minimum absolute atomic E-state index is 0.558. The van der Waals surface area contributed by atoms with Gasteiger partial charge in [0.1, 0.15) is 5.15 Å². The molecule has 2 fully saturated rings. The predicted molar refractivity (Wildman–Crippen MR) is 90.4 cm³/mol. The molecule has 2 unspecified atom stereocenters. The summed E-state index contributed by atoms with van der Waals surface area (Å²) in [6, 6.07) is 5.29. The molecule has 0 aromatic carbocycles. The molecule has 0 spiro atoms. The van der Waals surface area contributed by atoms with Crippen molar-refractivity contribution in [1.29, 1.82) is 0 Å². The second kappa shape index (κ2) is 8.65. The fourth-order valence-electron chi connectivity index (χ4n) is 3.07. The number of carbonyl (C=O) groups is 2. The van der Waals surface area contributed by atoms with E-state index < -0.39 is 11.9 Å². The fourth-order valence-corrected chi connectivity index (χ4v) is 3.18. The Hall–Kier alpha value is -2.12. The Morgan fingerprint density at radius 3 is 2.42 bits per heavy atom. The van der Waals surface area contributed by atoms with Crippen molar-refractivity contribution in [3.8, 4) is 0 Å². The zero-order chi connectivity index (χ0) is 17.5. The van der Waals surface area contributed by atoms with Crippen molar-refractivity contribution in [3.63, 3.8) is 0 Å². The molecule has 24 heavy (non-hydrogen) atoms. The standard InChI is InChI=1S/C12H16ClN3.C4H4O4/c13-12-4-3-11(8-15-12)16-9-1-2-10(16)7-14-6-5-9;5-3(6)1-2-4(7)8/h3-4,8-10,14H,1-2,5-7H2;1-2H,(H,5,6)(H,7,8)/b;2-1+. The van der Waals surface area contributed by atoms with E-state index in [-0.39, 0.29) is 0 Å². The highest BCUT2D eigenvalue weighted by Gasteiger charge is 2.34. The quantitative estimate of drug-likeness (QED) is 0.562. The summed E-state index contributed by atoms with van der Waals surface area (Å²) < 4.78 is 0. The monoisotopic (exact) mass is 353 g/mol. The van der Waals surface area contributed by atoms with Crippen LogP contribution in [0.4, 0.5) is 5.69 Å². The Bertz CT molecular complexity index is 576. The SMILES string of the molecule is Clc1ccc(N2C3CCNCC2CC3)cn1.O=C(O)/C=C/C(=O)O. The van der Waals surface area contributed by atoms with Gasteiger partial charge in [-0.25, -0.2) is 14.6 Å². The van der Waals surface area contributed by atoms with Crippen LogP contribution in [0.1, 0.15) is 19.3 Å². The van der Waals surface area contributed by atoms with Gasteiger partial charge in [0.2, 0.25) is 0 Å². The smallest absolute Gasteiger partial charge is 0.328 e. The summed E-state index contributed by atoms with van der Waals surface area (Å²) >= 11 is 5.83. The van der Waals surface area contributed by atoms with E-state index in [9.17, 15) is 9.59 Å². The van der Waals surface area contributed by atoms with Gasteiger partial charge in [0.25, 0.3) is 0 Å². The highest BCUT2D eigenvalue weighted by atomic mass is 35.5. The van der Waals surface area contributed by atoms with E-state index in [0.29, 0.717) is 29.4 Å². The van der Waals surface area contributed by atoms with Gasteiger partial charge in [-0.05, 0) is 37.9 Å². The van der Waals surface area contributed by atoms with Crippen molar-refractivity contribution in [2.45, 2.75) is 31.3 Å². The highest BCUT2D eigenvalue weighted by molar-refractivity contribution is 6.29. The lowest BCUT2D eigenvalue weighted by Crippen LogP contribution is -2.38. The number of nitrogens with one attached hydrogen (secondary N) is 1. The first-order chi connectivity index (χ1) is 11.5. The van der Waals surface area contributed by atoms with Crippen molar-refractivity contribution in [2.24, 2.45) is 0 Å². The Labute approximate surface area is 144 Å². The highest BCUT2D eigenvalue weighted by Crippen LogP contribution is 2.33. The predicted octanol–water partition coefficient (Wildman–Crippen LogP) is 1.78. The van der Waals surface area contributed by atoms with Crippen LogP contribution in [0.3, 0.4) is 0 Å². The second-order valence-electron chi connectivity index (χ2n) is 5.63. The second-order valence-corrected chi connectivity index (χ2v) is 6.02. The summed E-state index contributed by atoms with van der Waals surface area (Å²) in [5.41, 5.74) is 1.22. The van der Waals surface area contributed by atoms with E-state index in [4.69, 9.17) is 21.8 Å². The molecule has 0 saturated carbocycles. The van der Waals surface area contributed by atoms with Crippen molar-refractivity contribution in [3.05, 3.63) is 35.6 Å². The molecule has 2 atom stereocenters.